The highest BCUT2D eigenvalue weighted by molar-refractivity contribution is 5.78. The van der Waals surface area contributed by atoms with Crippen LogP contribution in [0, 0.1) is 0 Å². The number of hydrogen-bond acceptors (Lipinski definition) is 2. The van der Waals surface area contributed by atoms with Crippen molar-refractivity contribution >= 4 is 5.97 Å². The lowest BCUT2D eigenvalue weighted by Crippen LogP contribution is -2.14. The van der Waals surface area contributed by atoms with Gasteiger partial charge in [0.1, 0.15) is 6.04 Å². The Balaban J connectivity index is 2.02. The second-order valence-corrected chi connectivity index (χ2v) is 2.73. The van der Waals surface area contributed by atoms with Crippen molar-refractivity contribution in [1.29, 1.82) is 0 Å². The molecule has 2 saturated heterocycles. The Kier molecular flexibility index (Phi) is 0.858. The molecule has 9 heavy (non-hydrogen) atoms. The van der Waals surface area contributed by atoms with Crippen molar-refractivity contribution in [3.63, 3.8) is 0 Å². The normalized spacial score (nSPS) is 46.4. The zero-order valence-corrected chi connectivity index (χ0v) is 5.08. The number of carbonyl (C=O) groups is 1. The first-order chi connectivity index (χ1) is 4.30. The largest absolute Gasteiger partial charge is 0.480 e. The van der Waals surface area contributed by atoms with Crippen LogP contribution in [0.2, 0.25) is 0 Å². The fourth-order valence-electron chi connectivity index (χ4n) is 1.75. The second kappa shape index (κ2) is 1.48. The summed E-state index contributed by atoms with van der Waals surface area (Å²) in [6, 6.07) is 0.293. The number of piperidine rings is 1. The highest BCUT2D eigenvalue weighted by Gasteiger charge is 2.54. The highest BCUT2D eigenvalue weighted by atomic mass is 16.4. The molecule has 0 aromatic carbocycles. The quantitative estimate of drug-likeness (QED) is 0.501. The van der Waals surface area contributed by atoms with Gasteiger partial charge in [-0.3, -0.25) is 9.69 Å². The molecule has 2 aliphatic rings. The summed E-state index contributed by atoms with van der Waals surface area (Å²) in [5.41, 5.74) is 0. The van der Waals surface area contributed by atoms with E-state index in [1.807, 2.05) is 4.90 Å². The smallest absolute Gasteiger partial charge is 0.322 e. The zero-order valence-electron chi connectivity index (χ0n) is 5.08. The molecule has 2 rings (SSSR count). The summed E-state index contributed by atoms with van der Waals surface area (Å²) in [4.78, 5) is 12.4. The summed E-state index contributed by atoms with van der Waals surface area (Å²) in [6.07, 6.45) is 2.28. The Morgan fingerprint density at radius 2 is 2.44 bits per heavy atom. The standard InChI is InChI=1S/C6H9NO2/c8-6(9)5-4-2-1-3-7(4)5/h4-5H,1-3H2,(H,8,9)/t4-,5-,7?/m0/s1. The molecule has 3 nitrogen and oxygen atoms in total. The summed E-state index contributed by atoms with van der Waals surface area (Å²) in [5, 5.41) is 8.52. The first kappa shape index (κ1) is 5.23. The fraction of sp³-hybridized carbons (Fsp3) is 0.833. The van der Waals surface area contributed by atoms with E-state index in [9.17, 15) is 4.79 Å². The Bertz CT molecular complexity index is 147. The number of nitrogens with zero attached hydrogens (tertiary/aromatic N) is 1. The molecule has 0 bridgehead atoms. The maximum absolute atomic E-state index is 10.3. The molecular formula is C6H9NO2. The number of hydrogen-bond donors (Lipinski definition) is 1. The lowest BCUT2D eigenvalue weighted by Gasteiger charge is -1.93. The number of fused-ring (bicyclic) bond motifs is 1. The molecule has 2 fully saturated rings. The fourth-order valence-corrected chi connectivity index (χ4v) is 1.75. The molecule has 0 radical (unpaired) electrons. The van der Waals surface area contributed by atoms with Gasteiger partial charge in [-0.15, -0.1) is 0 Å². The minimum Gasteiger partial charge on any atom is -0.480 e. The predicted molar refractivity (Wildman–Crippen MR) is 31.2 cm³/mol. The Morgan fingerprint density at radius 3 is 2.78 bits per heavy atom. The van der Waals surface area contributed by atoms with E-state index in [2.05, 4.69) is 0 Å². The van der Waals surface area contributed by atoms with Crippen LogP contribution in [0.25, 0.3) is 0 Å². The van der Waals surface area contributed by atoms with Crippen LogP contribution in [0.15, 0.2) is 0 Å². The van der Waals surface area contributed by atoms with E-state index < -0.39 is 5.97 Å². The van der Waals surface area contributed by atoms with Gasteiger partial charge in [-0.25, -0.2) is 0 Å². The van der Waals surface area contributed by atoms with Gasteiger partial charge in [0.2, 0.25) is 0 Å². The molecule has 1 N–H and O–H groups in total. The Hall–Kier alpha value is -0.570. The van der Waals surface area contributed by atoms with Gasteiger partial charge in [0.05, 0.1) is 0 Å². The molecule has 3 heteroatoms. The average molecular weight is 127 g/mol. The molecule has 2 aliphatic heterocycles. The summed E-state index contributed by atoms with van der Waals surface area (Å²) in [7, 11) is 0. The van der Waals surface area contributed by atoms with Crippen LogP contribution in [0.1, 0.15) is 12.8 Å². The number of carboxylic acid groups (broad SMARTS) is 1. The third-order valence-corrected chi connectivity index (χ3v) is 2.23. The minimum atomic E-state index is -0.639. The maximum atomic E-state index is 10.3. The molecule has 0 aliphatic carbocycles. The Labute approximate surface area is 53.3 Å². The van der Waals surface area contributed by atoms with E-state index in [1.165, 1.54) is 6.42 Å². The summed E-state index contributed by atoms with van der Waals surface area (Å²) in [6.45, 7) is 1.00. The lowest BCUT2D eigenvalue weighted by atomic mass is 10.2. The van der Waals surface area contributed by atoms with Crippen molar-refractivity contribution in [2.75, 3.05) is 6.54 Å². The van der Waals surface area contributed by atoms with Gasteiger partial charge in [0.15, 0.2) is 0 Å². The van der Waals surface area contributed by atoms with E-state index in [0.717, 1.165) is 13.0 Å². The average Bonchev–Trinajstić information content (AvgIpc) is 2.30. The SMILES string of the molecule is O=C(O)[C@@H]1[C@@H]2CCCN12. The van der Waals surface area contributed by atoms with Gasteiger partial charge in [0.25, 0.3) is 0 Å². The molecule has 1 unspecified atom stereocenters. The molecular weight excluding hydrogens is 118 g/mol. The van der Waals surface area contributed by atoms with Crippen molar-refractivity contribution in [3.8, 4) is 0 Å². The monoisotopic (exact) mass is 127 g/mol. The van der Waals surface area contributed by atoms with E-state index in [-0.39, 0.29) is 6.04 Å². The van der Waals surface area contributed by atoms with Gasteiger partial charge in [-0.05, 0) is 19.4 Å². The topological polar surface area (TPSA) is 40.3 Å². The van der Waals surface area contributed by atoms with Crippen molar-refractivity contribution in [3.05, 3.63) is 0 Å². The molecule has 0 amide bonds. The van der Waals surface area contributed by atoms with Gasteiger partial charge in [-0.2, -0.15) is 0 Å². The highest BCUT2D eigenvalue weighted by Crippen LogP contribution is 2.37. The van der Waals surface area contributed by atoms with Crippen LogP contribution in [0.3, 0.4) is 0 Å². The zero-order chi connectivity index (χ0) is 6.43. The van der Waals surface area contributed by atoms with Gasteiger partial charge in [0, 0.05) is 6.04 Å². The van der Waals surface area contributed by atoms with Crippen LogP contribution in [-0.4, -0.2) is 34.6 Å². The maximum Gasteiger partial charge on any atom is 0.322 e. The molecule has 0 saturated carbocycles. The van der Waals surface area contributed by atoms with Crippen molar-refractivity contribution < 1.29 is 9.90 Å². The molecule has 2 heterocycles. The minimum absolute atomic E-state index is 0.112. The van der Waals surface area contributed by atoms with E-state index in [4.69, 9.17) is 5.11 Å². The van der Waals surface area contributed by atoms with Crippen molar-refractivity contribution in [2.45, 2.75) is 24.9 Å². The van der Waals surface area contributed by atoms with Crippen molar-refractivity contribution in [2.24, 2.45) is 0 Å². The number of carboxylic acids is 1. The molecule has 0 spiro atoms. The summed E-state index contributed by atoms with van der Waals surface area (Å²) in [5.74, 6) is -0.639. The number of rotatable bonds is 1. The molecule has 0 aromatic heterocycles. The predicted octanol–water partition coefficient (Wildman–Crippen LogP) is -0.0824. The van der Waals surface area contributed by atoms with Crippen LogP contribution < -0.4 is 0 Å². The van der Waals surface area contributed by atoms with Crippen LogP contribution in [0.4, 0.5) is 0 Å². The van der Waals surface area contributed by atoms with Crippen LogP contribution in [0.5, 0.6) is 0 Å². The van der Waals surface area contributed by atoms with Gasteiger partial charge >= 0.3 is 5.97 Å². The molecule has 50 valence electrons. The third kappa shape index (κ3) is 0.580. The summed E-state index contributed by atoms with van der Waals surface area (Å²) >= 11 is 0. The second-order valence-electron chi connectivity index (χ2n) is 2.73. The van der Waals surface area contributed by atoms with E-state index in [0.29, 0.717) is 6.04 Å². The third-order valence-electron chi connectivity index (χ3n) is 2.23. The Morgan fingerprint density at radius 1 is 1.67 bits per heavy atom. The first-order valence-electron chi connectivity index (χ1n) is 3.29. The number of aliphatic carboxylic acids is 1. The van der Waals surface area contributed by atoms with Gasteiger partial charge < -0.3 is 5.11 Å². The molecule has 3 atom stereocenters. The van der Waals surface area contributed by atoms with E-state index in [1.54, 1.807) is 0 Å². The van der Waals surface area contributed by atoms with Crippen molar-refractivity contribution in [1.82, 2.24) is 4.90 Å². The lowest BCUT2D eigenvalue weighted by molar-refractivity contribution is -0.137. The first-order valence-corrected chi connectivity index (χ1v) is 3.29. The molecule has 0 aromatic rings. The van der Waals surface area contributed by atoms with Crippen LogP contribution >= 0.6 is 0 Å². The van der Waals surface area contributed by atoms with Gasteiger partial charge in [-0.1, -0.05) is 0 Å². The van der Waals surface area contributed by atoms with Crippen LogP contribution in [-0.2, 0) is 4.79 Å². The summed E-state index contributed by atoms with van der Waals surface area (Å²) < 4.78 is 0. The van der Waals surface area contributed by atoms with E-state index >= 15 is 0 Å².